The van der Waals surface area contributed by atoms with Crippen molar-refractivity contribution in [1.82, 2.24) is 0 Å². The molecule has 2 aliphatic rings. The van der Waals surface area contributed by atoms with Crippen LogP contribution in [0, 0.1) is 36.3 Å². The van der Waals surface area contributed by atoms with Crippen molar-refractivity contribution >= 4 is 13.8 Å². The lowest BCUT2D eigenvalue weighted by atomic mass is 9.88. The molecule has 1 fully saturated rings. The molecule has 1 aliphatic carbocycles. The van der Waals surface area contributed by atoms with Crippen LogP contribution >= 0.6 is 7.92 Å². The molecule has 5 radical (unpaired) electrons. The Balaban J connectivity index is 2.27. The molecule has 3 heteroatoms. The minimum Gasteiger partial charge on any atom is -0.478 e. The van der Waals surface area contributed by atoms with Crippen molar-refractivity contribution < 1.29 is 4.74 Å². The van der Waals surface area contributed by atoms with Gasteiger partial charge in [0.15, 0.2) is 5.90 Å². The normalized spacial score (nSPS) is 25.1. The average Bonchev–Trinajstić information content (AvgIpc) is 2.90. The fourth-order valence-corrected chi connectivity index (χ4v) is 7.58. The fraction of sp³-hybridized carbons (Fsp3) is 0.700. The van der Waals surface area contributed by atoms with Crippen molar-refractivity contribution in [1.29, 1.82) is 0 Å². The standard InChI is InChI=1S/C20H33NOP/c1-18(2,3)16-13-22-17(21-16)14-11-10-12-15(14)23(19(4,5)6)20(7,8)9/h10-12,16H,13H2,1-9H3/t16-/m1/s1. The van der Waals surface area contributed by atoms with E-state index in [0.29, 0.717) is 6.61 Å². The first-order chi connectivity index (χ1) is 10.3. The Morgan fingerprint density at radius 1 is 0.957 bits per heavy atom. The molecule has 2 rings (SSSR count). The first-order valence-corrected chi connectivity index (χ1v) is 9.93. The maximum Gasteiger partial charge on any atom is 0.192 e. The molecule has 23 heavy (non-hydrogen) atoms. The topological polar surface area (TPSA) is 21.6 Å². The van der Waals surface area contributed by atoms with Crippen LogP contribution in [0.15, 0.2) is 4.99 Å². The van der Waals surface area contributed by atoms with Crippen molar-refractivity contribution in [2.75, 3.05) is 6.61 Å². The highest BCUT2D eigenvalue weighted by molar-refractivity contribution is 7.64. The van der Waals surface area contributed by atoms with Gasteiger partial charge in [0.25, 0.3) is 0 Å². The molecule has 0 amide bonds. The van der Waals surface area contributed by atoms with Gasteiger partial charge in [0.05, 0.1) is 12.0 Å². The third-order valence-corrected chi connectivity index (χ3v) is 7.81. The summed E-state index contributed by atoms with van der Waals surface area (Å²) >= 11 is 0. The summed E-state index contributed by atoms with van der Waals surface area (Å²) in [4.78, 5) is 4.91. The molecule has 0 aromatic rings. The van der Waals surface area contributed by atoms with Gasteiger partial charge in [0, 0.05) is 5.66 Å². The Kier molecular flexibility index (Phi) is 5.28. The minimum atomic E-state index is -0.341. The minimum absolute atomic E-state index is 0.146. The first kappa shape index (κ1) is 19.2. The van der Waals surface area contributed by atoms with Crippen molar-refractivity contribution in [3.63, 3.8) is 0 Å². The number of nitrogens with zero attached hydrogens (tertiary/aromatic N) is 1. The molecule has 1 atom stereocenters. The second kappa shape index (κ2) is 6.32. The van der Waals surface area contributed by atoms with Crippen molar-refractivity contribution in [2.45, 2.75) is 78.7 Å². The summed E-state index contributed by atoms with van der Waals surface area (Å²) in [6.45, 7) is 21.5. The summed E-state index contributed by atoms with van der Waals surface area (Å²) in [5.74, 6) is 2.07. The first-order valence-electron chi connectivity index (χ1n) is 8.59. The van der Waals surface area contributed by atoms with Gasteiger partial charge in [-0.2, -0.15) is 0 Å². The molecule has 0 bridgehead atoms. The molecule has 1 saturated carbocycles. The zero-order chi connectivity index (χ0) is 17.6. The van der Waals surface area contributed by atoms with Gasteiger partial charge in [-0.1, -0.05) is 70.2 Å². The van der Waals surface area contributed by atoms with E-state index in [2.05, 4.69) is 81.6 Å². The van der Waals surface area contributed by atoms with Gasteiger partial charge >= 0.3 is 0 Å². The van der Waals surface area contributed by atoms with Crippen molar-refractivity contribution in [2.24, 2.45) is 10.4 Å². The van der Waals surface area contributed by atoms with Gasteiger partial charge < -0.3 is 4.74 Å². The highest BCUT2D eigenvalue weighted by Gasteiger charge is 2.49. The number of ether oxygens (including phenoxy) is 1. The second-order valence-electron chi connectivity index (χ2n) is 9.63. The van der Waals surface area contributed by atoms with Crippen LogP contribution in [-0.4, -0.2) is 28.9 Å². The van der Waals surface area contributed by atoms with Crippen LogP contribution < -0.4 is 0 Å². The van der Waals surface area contributed by atoms with Gasteiger partial charge in [-0.3, -0.25) is 0 Å². The quantitative estimate of drug-likeness (QED) is 0.599. The van der Waals surface area contributed by atoms with E-state index in [4.69, 9.17) is 9.73 Å². The SMILES string of the molecule is CC(C)(C)[C@H]1COC([C]2[CH][CH][CH][C]2P(C(C)(C)C)C(C)(C)C)=N1. The molecule has 0 N–H and O–H groups in total. The molecule has 0 spiro atoms. The van der Waals surface area contributed by atoms with Gasteiger partial charge in [0.1, 0.15) is 6.61 Å². The summed E-state index contributed by atoms with van der Waals surface area (Å²) in [7, 11) is -0.341. The van der Waals surface area contributed by atoms with E-state index in [-0.39, 0.29) is 29.7 Å². The highest BCUT2D eigenvalue weighted by Crippen LogP contribution is 2.71. The molecular weight excluding hydrogens is 301 g/mol. The zero-order valence-corrected chi connectivity index (χ0v) is 17.2. The van der Waals surface area contributed by atoms with Crippen molar-refractivity contribution in [3.8, 4) is 0 Å². The van der Waals surface area contributed by atoms with E-state index >= 15 is 0 Å². The third-order valence-electron chi connectivity index (χ3n) is 4.26. The predicted molar refractivity (Wildman–Crippen MR) is 102 cm³/mol. The summed E-state index contributed by atoms with van der Waals surface area (Å²) in [5.41, 5.74) is 1.58. The summed E-state index contributed by atoms with van der Waals surface area (Å²) in [5, 5.41) is 0.499. The Morgan fingerprint density at radius 3 is 1.96 bits per heavy atom. The molecule has 0 unspecified atom stereocenters. The van der Waals surface area contributed by atoms with E-state index in [9.17, 15) is 0 Å². The molecule has 2 nitrogen and oxygen atoms in total. The largest absolute Gasteiger partial charge is 0.478 e. The van der Waals surface area contributed by atoms with Crippen LogP contribution in [0.4, 0.5) is 0 Å². The maximum absolute atomic E-state index is 6.01. The van der Waals surface area contributed by atoms with Crippen LogP contribution in [0.1, 0.15) is 62.3 Å². The molecular formula is C20H33NOP. The fourth-order valence-electron chi connectivity index (χ4n) is 3.48. The van der Waals surface area contributed by atoms with E-state index in [1.807, 2.05) is 0 Å². The number of rotatable bonds is 2. The van der Waals surface area contributed by atoms with Crippen LogP contribution in [-0.2, 0) is 4.74 Å². The molecule has 129 valence electrons. The summed E-state index contributed by atoms with van der Waals surface area (Å²) in [6.07, 6.45) is 6.63. The van der Waals surface area contributed by atoms with E-state index in [1.54, 1.807) is 0 Å². The summed E-state index contributed by atoms with van der Waals surface area (Å²) in [6, 6.07) is 0.246. The Morgan fingerprint density at radius 2 is 1.52 bits per heavy atom. The number of aliphatic imine (C=N–C) groups is 1. The lowest BCUT2D eigenvalue weighted by Crippen LogP contribution is -2.31. The van der Waals surface area contributed by atoms with E-state index in [1.165, 1.54) is 11.6 Å². The maximum atomic E-state index is 6.01. The van der Waals surface area contributed by atoms with Crippen LogP contribution in [0.3, 0.4) is 0 Å². The van der Waals surface area contributed by atoms with Gasteiger partial charge in [-0.05, 0) is 35.0 Å². The van der Waals surface area contributed by atoms with E-state index in [0.717, 1.165) is 5.90 Å². The van der Waals surface area contributed by atoms with Crippen molar-refractivity contribution in [3.05, 3.63) is 30.8 Å². The molecule has 1 heterocycles. The number of hydrogen-bond donors (Lipinski definition) is 0. The Hall–Kier alpha value is -0.100. The Bertz CT molecular complexity index is 436. The van der Waals surface area contributed by atoms with Crippen LogP contribution in [0.5, 0.6) is 0 Å². The average molecular weight is 334 g/mol. The summed E-state index contributed by atoms with van der Waals surface area (Å²) < 4.78 is 6.01. The van der Waals surface area contributed by atoms with Crippen LogP contribution in [0.2, 0.25) is 0 Å². The predicted octanol–water partition coefficient (Wildman–Crippen LogP) is 5.64. The highest BCUT2D eigenvalue weighted by atomic mass is 31.1. The zero-order valence-electron chi connectivity index (χ0n) is 16.3. The molecule has 1 aliphatic heterocycles. The lowest BCUT2D eigenvalue weighted by molar-refractivity contribution is 0.235. The van der Waals surface area contributed by atoms with Crippen LogP contribution in [0.25, 0.3) is 0 Å². The van der Waals surface area contributed by atoms with Gasteiger partial charge in [0.2, 0.25) is 0 Å². The molecule has 0 aromatic heterocycles. The van der Waals surface area contributed by atoms with E-state index < -0.39 is 0 Å². The second-order valence-corrected chi connectivity index (χ2v) is 13.5. The Labute approximate surface area is 145 Å². The monoisotopic (exact) mass is 334 g/mol. The smallest absolute Gasteiger partial charge is 0.192 e. The lowest BCUT2D eigenvalue weighted by Gasteiger charge is -2.46. The molecule has 0 saturated heterocycles. The third kappa shape index (κ3) is 4.30. The number of hydrogen-bond acceptors (Lipinski definition) is 2. The van der Waals surface area contributed by atoms with Gasteiger partial charge in [-0.25, -0.2) is 4.99 Å². The van der Waals surface area contributed by atoms with Gasteiger partial charge in [-0.15, -0.1) is 0 Å². The molecule has 0 aromatic carbocycles.